The molecule has 0 aliphatic rings. The van der Waals surface area contributed by atoms with Gasteiger partial charge in [-0.05, 0) is 38.8 Å². The van der Waals surface area contributed by atoms with Crippen LogP contribution in [0.15, 0.2) is 24.3 Å². The van der Waals surface area contributed by atoms with Crippen LogP contribution in [0, 0.1) is 0 Å². The number of halogens is 2. The van der Waals surface area contributed by atoms with Crippen molar-refractivity contribution < 1.29 is 0 Å². The van der Waals surface area contributed by atoms with Crippen LogP contribution < -0.4 is 0 Å². The van der Waals surface area contributed by atoms with Crippen molar-refractivity contribution in [3.63, 3.8) is 0 Å². The Balaban J connectivity index is 3.31. The number of rotatable bonds is 2. The molecule has 0 unspecified atom stereocenters. The average molecular weight is 414 g/mol. The highest BCUT2D eigenvalue weighted by molar-refractivity contribution is 14.1. The van der Waals surface area contributed by atoms with Crippen LogP contribution in [0.4, 0.5) is 0 Å². The Labute approximate surface area is 114 Å². The molecule has 1 aromatic carbocycles. The first kappa shape index (κ1) is 12.7. The molecule has 0 nitrogen and oxygen atoms in total. The Morgan fingerprint density at radius 2 is 1.07 bits per heavy atom. The summed E-state index contributed by atoms with van der Waals surface area (Å²) in [6.45, 7) is 9.03. The fourth-order valence-corrected chi connectivity index (χ4v) is 2.46. The zero-order chi connectivity index (χ0) is 11.0. The first-order chi connectivity index (χ1) is 6.23. The van der Waals surface area contributed by atoms with E-state index in [9.17, 15) is 0 Å². The normalized spacial score (nSPS) is 13.0. The van der Waals surface area contributed by atoms with Gasteiger partial charge in [-0.25, -0.2) is 0 Å². The van der Waals surface area contributed by atoms with Crippen LogP contribution in [-0.4, -0.2) is 0 Å². The Kier molecular flexibility index (Phi) is 3.89. The molecule has 0 saturated carbocycles. The van der Waals surface area contributed by atoms with Crippen molar-refractivity contribution in [2.45, 2.75) is 34.5 Å². The minimum absolute atomic E-state index is 0.205. The van der Waals surface area contributed by atoms with Gasteiger partial charge < -0.3 is 0 Å². The molecular formula is C12H16I2. The quantitative estimate of drug-likeness (QED) is 0.471. The molecule has 0 N–H and O–H groups in total. The fourth-order valence-electron chi connectivity index (χ4n) is 1.52. The maximum atomic E-state index is 2.50. The molecule has 0 saturated heterocycles. The molecule has 1 aromatic rings. The van der Waals surface area contributed by atoms with E-state index in [1.165, 1.54) is 11.1 Å². The van der Waals surface area contributed by atoms with Crippen LogP contribution in [0.5, 0.6) is 0 Å². The lowest BCUT2D eigenvalue weighted by Crippen LogP contribution is -2.17. The smallest absolute Gasteiger partial charge is 0.0417 e. The lowest BCUT2D eigenvalue weighted by atomic mass is 9.91. The monoisotopic (exact) mass is 414 g/mol. The molecule has 0 aliphatic heterocycles. The maximum absolute atomic E-state index is 2.50. The predicted molar refractivity (Wildman–Crippen MR) is 80.5 cm³/mol. The average Bonchev–Trinajstić information content (AvgIpc) is 2.01. The van der Waals surface area contributed by atoms with E-state index in [-0.39, 0.29) is 6.84 Å². The summed E-state index contributed by atoms with van der Waals surface area (Å²) in [6, 6.07) is 8.73. The Morgan fingerprint density at radius 1 is 0.786 bits per heavy atom. The molecule has 0 atom stereocenters. The number of hydrogen-bond acceptors (Lipinski definition) is 0. The minimum atomic E-state index is 0.205. The maximum Gasteiger partial charge on any atom is 0.0417 e. The van der Waals surface area contributed by atoms with E-state index in [1.54, 1.807) is 0 Å². The summed E-state index contributed by atoms with van der Waals surface area (Å²) in [4.78, 5) is 0. The number of benzene rings is 1. The van der Waals surface area contributed by atoms with Gasteiger partial charge in [0.05, 0.1) is 0 Å². The lowest BCUT2D eigenvalue weighted by Gasteiger charge is -2.27. The zero-order valence-corrected chi connectivity index (χ0v) is 13.4. The summed E-state index contributed by atoms with van der Waals surface area (Å²) in [5.41, 5.74) is 2.89. The molecule has 78 valence electrons. The summed E-state index contributed by atoms with van der Waals surface area (Å²) in [5, 5.41) is 0. The standard InChI is InChI=1S/C12H16I2/c1-11(2,13)9-7-5-6-8-10(9)12(3,4)14/h5-8H,1-4H3. The first-order valence-electron chi connectivity index (χ1n) is 4.71. The van der Waals surface area contributed by atoms with Crippen LogP contribution in [0.2, 0.25) is 0 Å². The highest BCUT2D eigenvalue weighted by Crippen LogP contribution is 2.40. The summed E-state index contributed by atoms with van der Waals surface area (Å²) >= 11 is 5.01. The SMILES string of the molecule is CC(C)(I)c1ccccc1C(C)(C)I. The largest absolute Gasteiger partial charge is 0.0743 e. The first-order valence-corrected chi connectivity index (χ1v) is 6.86. The molecule has 0 fully saturated rings. The molecule has 0 aromatic heterocycles. The summed E-state index contributed by atoms with van der Waals surface area (Å²) < 4.78 is 0.410. The molecule has 0 radical (unpaired) electrons. The van der Waals surface area contributed by atoms with Gasteiger partial charge in [-0.2, -0.15) is 0 Å². The van der Waals surface area contributed by atoms with Gasteiger partial charge in [-0.3, -0.25) is 0 Å². The Morgan fingerprint density at radius 3 is 1.29 bits per heavy atom. The summed E-state index contributed by atoms with van der Waals surface area (Å²) in [7, 11) is 0. The van der Waals surface area contributed by atoms with Gasteiger partial charge >= 0.3 is 0 Å². The van der Waals surface area contributed by atoms with Crippen LogP contribution in [0.1, 0.15) is 38.8 Å². The fraction of sp³-hybridized carbons (Fsp3) is 0.500. The predicted octanol–water partition coefficient (Wildman–Crippen LogP) is 5.03. The third-order valence-electron chi connectivity index (χ3n) is 2.21. The second kappa shape index (κ2) is 4.28. The topological polar surface area (TPSA) is 0 Å². The highest BCUT2D eigenvalue weighted by atomic mass is 127. The van der Waals surface area contributed by atoms with E-state index in [0.29, 0.717) is 0 Å². The lowest BCUT2D eigenvalue weighted by molar-refractivity contribution is 0.752. The van der Waals surface area contributed by atoms with Gasteiger partial charge in [0.2, 0.25) is 0 Å². The number of alkyl halides is 2. The van der Waals surface area contributed by atoms with Crippen LogP contribution in [0.3, 0.4) is 0 Å². The third-order valence-corrected chi connectivity index (χ3v) is 3.37. The van der Waals surface area contributed by atoms with E-state index < -0.39 is 0 Å². The molecule has 0 aliphatic carbocycles. The summed E-state index contributed by atoms with van der Waals surface area (Å²) in [6.07, 6.45) is 0. The second-order valence-electron chi connectivity index (χ2n) is 4.49. The highest BCUT2D eigenvalue weighted by Gasteiger charge is 2.26. The van der Waals surface area contributed by atoms with Crippen molar-refractivity contribution in [1.82, 2.24) is 0 Å². The third kappa shape index (κ3) is 3.08. The Hall–Kier alpha value is 0.680. The molecule has 0 heterocycles. The van der Waals surface area contributed by atoms with E-state index in [2.05, 4.69) is 97.1 Å². The van der Waals surface area contributed by atoms with Crippen LogP contribution in [-0.2, 0) is 6.84 Å². The van der Waals surface area contributed by atoms with Gasteiger partial charge in [0.15, 0.2) is 0 Å². The van der Waals surface area contributed by atoms with Crippen LogP contribution >= 0.6 is 45.2 Å². The van der Waals surface area contributed by atoms with E-state index in [1.807, 2.05) is 0 Å². The summed E-state index contributed by atoms with van der Waals surface area (Å²) in [5.74, 6) is 0. The van der Waals surface area contributed by atoms with Crippen molar-refractivity contribution in [3.05, 3.63) is 35.4 Å². The minimum Gasteiger partial charge on any atom is -0.0743 e. The van der Waals surface area contributed by atoms with Gasteiger partial charge in [0.25, 0.3) is 0 Å². The van der Waals surface area contributed by atoms with Crippen molar-refractivity contribution >= 4 is 45.2 Å². The zero-order valence-electron chi connectivity index (χ0n) is 9.07. The molecular weight excluding hydrogens is 398 g/mol. The second-order valence-corrected chi connectivity index (χ2v) is 9.88. The van der Waals surface area contributed by atoms with Crippen LogP contribution in [0.25, 0.3) is 0 Å². The van der Waals surface area contributed by atoms with E-state index in [4.69, 9.17) is 0 Å². The van der Waals surface area contributed by atoms with Crippen molar-refractivity contribution in [2.75, 3.05) is 0 Å². The van der Waals surface area contributed by atoms with Gasteiger partial charge in [0.1, 0.15) is 0 Å². The van der Waals surface area contributed by atoms with Crippen molar-refractivity contribution in [3.8, 4) is 0 Å². The van der Waals surface area contributed by atoms with Gasteiger partial charge in [0, 0.05) is 6.84 Å². The van der Waals surface area contributed by atoms with Crippen molar-refractivity contribution in [1.29, 1.82) is 0 Å². The molecule has 2 heteroatoms. The molecule has 0 amide bonds. The molecule has 1 rings (SSSR count). The van der Waals surface area contributed by atoms with Gasteiger partial charge in [-0.15, -0.1) is 0 Å². The van der Waals surface area contributed by atoms with Gasteiger partial charge in [-0.1, -0.05) is 69.4 Å². The molecule has 14 heavy (non-hydrogen) atoms. The Bertz CT molecular complexity index is 283. The van der Waals surface area contributed by atoms with E-state index >= 15 is 0 Å². The molecule has 0 spiro atoms. The van der Waals surface area contributed by atoms with Crippen molar-refractivity contribution in [2.24, 2.45) is 0 Å². The molecule has 0 bridgehead atoms. The van der Waals surface area contributed by atoms with E-state index in [0.717, 1.165) is 0 Å². The number of hydrogen-bond donors (Lipinski definition) is 0.